The fraction of sp³-hybridized carbons (Fsp3) is 0.286. The van der Waals surface area contributed by atoms with Crippen molar-refractivity contribution in [3.05, 3.63) is 84.4 Å². The number of rotatable bonds is 6. The van der Waals surface area contributed by atoms with Gasteiger partial charge < -0.3 is 14.3 Å². The predicted molar refractivity (Wildman–Crippen MR) is 134 cm³/mol. The van der Waals surface area contributed by atoms with Crippen LogP contribution >= 0.6 is 0 Å². The first-order valence-electron chi connectivity index (χ1n) is 12.2. The first kappa shape index (κ1) is 21.5. The van der Waals surface area contributed by atoms with Crippen LogP contribution in [-0.2, 0) is 11.2 Å². The molecule has 0 atom stereocenters. The minimum atomic E-state index is 0.170. The highest BCUT2D eigenvalue weighted by Crippen LogP contribution is 2.39. The molecule has 0 N–H and O–H groups in total. The molecule has 1 saturated carbocycles. The van der Waals surface area contributed by atoms with E-state index >= 15 is 0 Å². The van der Waals surface area contributed by atoms with E-state index < -0.39 is 0 Å². The van der Waals surface area contributed by atoms with Gasteiger partial charge in [0.25, 0.3) is 0 Å². The predicted octanol–water partition coefficient (Wildman–Crippen LogP) is 4.57. The van der Waals surface area contributed by atoms with Crippen LogP contribution < -0.4 is 4.90 Å². The van der Waals surface area contributed by atoms with Gasteiger partial charge in [0, 0.05) is 43.9 Å². The topological polar surface area (TPSA) is 75.4 Å². The van der Waals surface area contributed by atoms with Gasteiger partial charge in [0.05, 0.1) is 6.42 Å². The molecule has 176 valence electrons. The van der Waals surface area contributed by atoms with Crippen LogP contribution in [0.25, 0.3) is 22.5 Å². The highest BCUT2D eigenvalue weighted by molar-refractivity contribution is 5.79. The van der Waals surface area contributed by atoms with E-state index in [0.717, 1.165) is 54.3 Å². The van der Waals surface area contributed by atoms with Crippen molar-refractivity contribution >= 4 is 11.7 Å². The molecule has 6 rings (SSSR count). The highest BCUT2D eigenvalue weighted by atomic mass is 16.5. The SMILES string of the molecule is O=C(Cc1ccc(-c2ccccc2)cc1)N1CCN(c2ccc(-c3noc(C4CC4)n3)cn2)CC1. The van der Waals surface area contributed by atoms with Crippen molar-refractivity contribution in [2.24, 2.45) is 0 Å². The molecule has 0 unspecified atom stereocenters. The summed E-state index contributed by atoms with van der Waals surface area (Å²) in [7, 11) is 0. The summed E-state index contributed by atoms with van der Waals surface area (Å²) in [6.45, 7) is 2.91. The maximum Gasteiger partial charge on any atom is 0.230 e. The maximum absolute atomic E-state index is 12.9. The molecule has 2 aromatic carbocycles. The molecular weight excluding hydrogens is 438 g/mol. The Labute approximate surface area is 204 Å². The Kier molecular flexibility index (Phi) is 5.74. The number of pyridine rings is 1. The van der Waals surface area contributed by atoms with Crippen LogP contribution in [0.4, 0.5) is 5.82 Å². The lowest BCUT2D eigenvalue weighted by Crippen LogP contribution is -2.49. The summed E-state index contributed by atoms with van der Waals surface area (Å²) >= 11 is 0. The number of amides is 1. The van der Waals surface area contributed by atoms with Gasteiger partial charge in [-0.1, -0.05) is 59.8 Å². The quantitative estimate of drug-likeness (QED) is 0.415. The lowest BCUT2D eigenvalue weighted by atomic mass is 10.0. The Morgan fingerprint density at radius 1 is 0.857 bits per heavy atom. The van der Waals surface area contributed by atoms with E-state index in [0.29, 0.717) is 31.3 Å². The normalized spacial score (nSPS) is 15.9. The van der Waals surface area contributed by atoms with Gasteiger partial charge in [-0.05, 0) is 41.7 Å². The van der Waals surface area contributed by atoms with Gasteiger partial charge in [-0.25, -0.2) is 4.98 Å². The van der Waals surface area contributed by atoms with Crippen molar-refractivity contribution in [2.75, 3.05) is 31.1 Å². The van der Waals surface area contributed by atoms with Crippen LogP contribution in [-0.4, -0.2) is 52.1 Å². The van der Waals surface area contributed by atoms with Crippen molar-refractivity contribution in [1.29, 1.82) is 0 Å². The largest absolute Gasteiger partial charge is 0.353 e. The van der Waals surface area contributed by atoms with Crippen LogP contribution in [0.5, 0.6) is 0 Å². The van der Waals surface area contributed by atoms with Crippen LogP contribution in [0.3, 0.4) is 0 Å². The van der Waals surface area contributed by atoms with Gasteiger partial charge in [0.15, 0.2) is 0 Å². The second-order valence-electron chi connectivity index (χ2n) is 9.24. The molecule has 0 radical (unpaired) electrons. The van der Waals surface area contributed by atoms with Crippen molar-refractivity contribution < 1.29 is 9.32 Å². The molecule has 1 aliphatic carbocycles. The monoisotopic (exact) mass is 465 g/mol. The van der Waals surface area contributed by atoms with Crippen LogP contribution in [0.15, 0.2) is 77.4 Å². The molecule has 7 heteroatoms. The van der Waals surface area contributed by atoms with Crippen LogP contribution in [0.2, 0.25) is 0 Å². The molecular formula is C28H27N5O2. The molecule has 1 saturated heterocycles. The van der Waals surface area contributed by atoms with Gasteiger partial charge in [0.1, 0.15) is 5.82 Å². The van der Waals surface area contributed by atoms with E-state index in [9.17, 15) is 4.79 Å². The second-order valence-corrected chi connectivity index (χ2v) is 9.24. The smallest absolute Gasteiger partial charge is 0.230 e. The number of piperazine rings is 1. The van der Waals surface area contributed by atoms with E-state index in [4.69, 9.17) is 4.52 Å². The van der Waals surface area contributed by atoms with Gasteiger partial charge >= 0.3 is 0 Å². The zero-order valence-corrected chi connectivity index (χ0v) is 19.5. The second kappa shape index (κ2) is 9.33. The third-order valence-corrected chi connectivity index (χ3v) is 6.75. The lowest BCUT2D eigenvalue weighted by Gasteiger charge is -2.35. The minimum absolute atomic E-state index is 0.170. The summed E-state index contributed by atoms with van der Waals surface area (Å²) in [5.74, 6) is 2.85. The number of benzene rings is 2. The van der Waals surface area contributed by atoms with Gasteiger partial charge in [-0.3, -0.25) is 4.79 Å². The van der Waals surface area contributed by atoms with Crippen molar-refractivity contribution in [1.82, 2.24) is 20.0 Å². The molecule has 4 aromatic rings. The highest BCUT2D eigenvalue weighted by Gasteiger charge is 2.30. The number of aromatic nitrogens is 3. The zero-order valence-electron chi connectivity index (χ0n) is 19.5. The standard InChI is InChI=1S/C28H27N5O2/c34-26(18-20-6-8-22(9-7-20)21-4-2-1-3-5-21)33-16-14-32(15-17-33)25-13-12-24(19-29-25)27-30-28(35-31-27)23-10-11-23/h1-9,12-13,19,23H,10-11,14-18H2. The number of nitrogens with zero attached hydrogens (tertiary/aromatic N) is 5. The van der Waals surface area contributed by atoms with Gasteiger partial charge in [0.2, 0.25) is 17.6 Å². The summed E-state index contributed by atoms with van der Waals surface area (Å²) < 4.78 is 5.36. The molecule has 2 aliphatic rings. The molecule has 35 heavy (non-hydrogen) atoms. The Morgan fingerprint density at radius 3 is 2.26 bits per heavy atom. The van der Waals surface area contributed by atoms with Crippen molar-refractivity contribution in [2.45, 2.75) is 25.2 Å². The molecule has 0 bridgehead atoms. The summed E-state index contributed by atoms with van der Waals surface area (Å²) in [5, 5.41) is 4.09. The van der Waals surface area contributed by atoms with Gasteiger partial charge in [-0.2, -0.15) is 4.98 Å². The summed E-state index contributed by atoms with van der Waals surface area (Å²) in [6, 6.07) is 22.5. The fourth-order valence-corrected chi connectivity index (χ4v) is 4.47. The summed E-state index contributed by atoms with van der Waals surface area (Å²) in [5.41, 5.74) is 4.25. The Balaban J connectivity index is 1.02. The van der Waals surface area contributed by atoms with Crippen LogP contribution in [0.1, 0.15) is 30.2 Å². The molecule has 2 aromatic heterocycles. The van der Waals surface area contributed by atoms with E-state index in [-0.39, 0.29) is 5.91 Å². The van der Waals surface area contributed by atoms with E-state index in [1.54, 1.807) is 6.20 Å². The molecule has 0 spiro atoms. The number of anilines is 1. The molecule has 2 fully saturated rings. The first-order valence-corrected chi connectivity index (χ1v) is 12.2. The van der Waals surface area contributed by atoms with Crippen molar-refractivity contribution in [3.63, 3.8) is 0 Å². The third-order valence-electron chi connectivity index (χ3n) is 6.75. The average molecular weight is 466 g/mol. The summed E-state index contributed by atoms with van der Waals surface area (Å²) in [6.07, 6.45) is 4.49. The number of hydrogen-bond acceptors (Lipinski definition) is 6. The zero-order chi connectivity index (χ0) is 23.6. The Morgan fingerprint density at radius 2 is 1.57 bits per heavy atom. The minimum Gasteiger partial charge on any atom is -0.353 e. The molecule has 1 amide bonds. The number of hydrogen-bond donors (Lipinski definition) is 0. The van der Waals surface area contributed by atoms with Crippen LogP contribution in [0, 0.1) is 0 Å². The average Bonchev–Trinajstić information content (AvgIpc) is 3.66. The lowest BCUT2D eigenvalue weighted by molar-refractivity contribution is -0.130. The first-order chi connectivity index (χ1) is 17.2. The maximum atomic E-state index is 12.9. The van der Waals surface area contributed by atoms with E-state index in [1.807, 2.05) is 35.2 Å². The van der Waals surface area contributed by atoms with E-state index in [2.05, 4.69) is 56.4 Å². The Hall–Kier alpha value is -4.00. The van der Waals surface area contributed by atoms with Gasteiger partial charge in [-0.15, -0.1) is 0 Å². The fourth-order valence-electron chi connectivity index (χ4n) is 4.47. The molecule has 1 aliphatic heterocycles. The third kappa shape index (κ3) is 4.80. The number of carbonyl (C=O) groups is 1. The van der Waals surface area contributed by atoms with E-state index in [1.165, 1.54) is 5.56 Å². The van der Waals surface area contributed by atoms with Crippen molar-refractivity contribution in [3.8, 4) is 22.5 Å². The molecule has 7 nitrogen and oxygen atoms in total. The Bertz CT molecular complexity index is 1290. The summed E-state index contributed by atoms with van der Waals surface area (Å²) in [4.78, 5) is 26.2. The molecule has 3 heterocycles. The number of carbonyl (C=O) groups excluding carboxylic acids is 1.